The van der Waals surface area contributed by atoms with Gasteiger partial charge in [-0.2, -0.15) is 8.42 Å². The predicted molar refractivity (Wildman–Crippen MR) is 166 cm³/mol. The number of benzene rings is 5. The summed E-state index contributed by atoms with van der Waals surface area (Å²) in [5.74, 6) is 0.701. The minimum atomic E-state index is -4.19. The molecule has 6 heteroatoms. The zero-order valence-corrected chi connectivity index (χ0v) is 25.1. The molecule has 0 bridgehead atoms. The van der Waals surface area contributed by atoms with Crippen LogP contribution in [0.4, 0.5) is 0 Å². The maximum Gasteiger partial charge on any atom is 0.307 e. The van der Waals surface area contributed by atoms with Gasteiger partial charge in [0.1, 0.15) is 11.4 Å². The van der Waals surface area contributed by atoms with Crippen LogP contribution >= 0.6 is 10.3 Å². The Hall–Kier alpha value is -3.84. The van der Waals surface area contributed by atoms with Crippen LogP contribution in [0.25, 0.3) is 0 Å². The lowest BCUT2D eigenvalue weighted by Crippen LogP contribution is -2.22. The molecule has 0 amide bonds. The summed E-state index contributed by atoms with van der Waals surface area (Å²) < 4.78 is 40.7. The second-order valence-electron chi connectivity index (χ2n) is 10.7. The van der Waals surface area contributed by atoms with Gasteiger partial charge in [-0.25, -0.2) is 3.63 Å². The molecule has 0 radical (unpaired) electrons. The van der Waals surface area contributed by atoms with Crippen molar-refractivity contribution in [3.63, 3.8) is 0 Å². The van der Waals surface area contributed by atoms with E-state index in [4.69, 9.17) is 8.37 Å². The van der Waals surface area contributed by atoms with Crippen molar-refractivity contribution >= 4 is 20.4 Å². The molecular formula is C35H34O4S2. The van der Waals surface area contributed by atoms with E-state index >= 15 is 0 Å². The molecule has 0 saturated heterocycles. The molecule has 0 heterocycles. The standard InChI is InChI=1S/C35H34O4S2/c1-35(2,3)38-30-21-25-33(26-22-30)40(31-15-9-5-10-16-31,32-17-11-6-12-18-32)39-41(36,37)34-23-19-29(20-24-34)27-28-13-7-4-8-14-28/h4-26H,27H2,1-3H3. The van der Waals surface area contributed by atoms with E-state index in [1.165, 1.54) is 0 Å². The lowest BCUT2D eigenvalue weighted by molar-refractivity contribution is 0.131. The Morgan fingerprint density at radius 1 is 0.512 bits per heavy atom. The first-order chi connectivity index (χ1) is 19.7. The molecule has 0 unspecified atom stereocenters. The van der Waals surface area contributed by atoms with Crippen molar-refractivity contribution in [1.29, 1.82) is 0 Å². The van der Waals surface area contributed by atoms with Crippen LogP contribution in [0, 0.1) is 0 Å². The van der Waals surface area contributed by atoms with Crippen molar-refractivity contribution in [2.45, 2.75) is 52.4 Å². The molecule has 5 aromatic rings. The van der Waals surface area contributed by atoms with E-state index in [0.717, 1.165) is 25.8 Å². The molecule has 0 fully saturated rings. The Bertz CT molecular complexity index is 1620. The van der Waals surface area contributed by atoms with Gasteiger partial charge >= 0.3 is 10.1 Å². The van der Waals surface area contributed by atoms with Crippen molar-refractivity contribution in [2.24, 2.45) is 0 Å². The fourth-order valence-electron chi connectivity index (χ4n) is 4.58. The topological polar surface area (TPSA) is 52.6 Å². The largest absolute Gasteiger partial charge is 0.488 e. The highest BCUT2D eigenvalue weighted by molar-refractivity contribution is 8.33. The van der Waals surface area contributed by atoms with Crippen molar-refractivity contribution < 1.29 is 16.8 Å². The van der Waals surface area contributed by atoms with Gasteiger partial charge in [-0.3, -0.25) is 0 Å². The van der Waals surface area contributed by atoms with Crippen molar-refractivity contribution in [3.8, 4) is 5.75 Å². The van der Waals surface area contributed by atoms with E-state index < -0.39 is 20.4 Å². The average molecular weight is 583 g/mol. The van der Waals surface area contributed by atoms with Crippen LogP contribution in [0.15, 0.2) is 159 Å². The van der Waals surface area contributed by atoms with E-state index in [0.29, 0.717) is 12.2 Å². The fourth-order valence-corrected chi connectivity index (χ4v) is 9.80. The number of ether oxygens (including phenoxy) is 1. The summed E-state index contributed by atoms with van der Waals surface area (Å²) in [4.78, 5) is 2.42. The first-order valence-corrected chi connectivity index (χ1v) is 16.4. The molecule has 0 aliphatic rings. The molecule has 5 rings (SSSR count). The van der Waals surface area contributed by atoms with E-state index in [1.54, 1.807) is 12.1 Å². The summed E-state index contributed by atoms with van der Waals surface area (Å²) in [5.41, 5.74) is 1.82. The molecule has 0 saturated carbocycles. The summed E-state index contributed by atoms with van der Waals surface area (Å²) in [5, 5.41) is 0. The van der Waals surface area contributed by atoms with Crippen molar-refractivity contribution in [1.82, 2.24) is 0 Å². The van der Waals surface area contributed by atoms with E-state index in [2.05, 4.69) is 12.1 Å². The highest BCUT2D eigenvalue weighted by atomic mass is 32.3. The van der Waals surface area contributed by atoms with E-state index in [1.807, 2.05) is 136 Å². The molecule has 5 aromatic carbocycles. The van der Waals surface area contributed by atoms with Crippen LogP contribution in [0.3, 0.4) is 0 Å². The zero-order chi connectivity index (χ0) is 28.9. The monoisotopic (exact) mass is 582 g/mol. The highest BCUT2D eigenvalue weighted by Gasteiger charge is 2.38. The minimum Gasteiger partial charge on any atom is -0.488 e. The second-order valence-corrected chi connectivity index (χ2v) is 15.1. The van der Waals surface area contributed by atoms with Crippen LogP contribution in [0.2, 0.25) is 0 Å². The first-order valence-electron chi connectivity index (χ1n) is 13.5. The maximum absolute atomic E-state index is 14.1. The quantitative estimate of drug-likeness (QED) is 0.174. The van der Waals surface area contributed by atoms with Gasteiger partial charge in [0.2, 0.25) is 0 Å². The highest BCUT2D eigenvalue weighted by Crippen LogP contribution is 2.70. The third-order valence-corrected chi connectivity index (χ3v) is 11.6. The van der Waals surface area contributed by atoms with Gasteiger partial charge in [0.05, 0.1) is 4.90 Å². The van der Waals surface area contributed by atoms with Gasteiger partial charge in [0.25, 0.3) is 0 Å². The molecule has 0 N–H and O–H groups in total. The predicted octanol–water partition coefficient (Wildman–Crippen LogP) is 9.06. The average Bonchev–Trinajstić information content (AvgIpc) is 2.97. The fraction of sp³-hybridized carbons (Fsp3) is 0.143. The van der Waals surface area contributed by atoms with Gasteiger partial charge in [-0.15, -0.1) is 0 Å². The Balaban J connectivity index is 1.59. The van der Waals surface area contributed by atoms with Crippen LogP contribution in [0.1, 0.15) is 31.9 Å². The molecule has 0 aromatic heterocycles. The third-order valence-electron chi connectivity index (χ3n) is 6.38. The van der Waals surface area contributed by atoms with Gasteiger partial charge in [0, 0.05) is 14.7 Å². The van der Waals surface area contributed by atoms with Gasteiger partial charge < -0.3 is 4.74 Å². The molecule has 4 nitrogen and oxygen atoms in total. The molecule has 210 valence electrons. The molecule has 0 aliphatic carbocycles. The smallest absolute Gasteiger partial charge is 0.307 e. The van der Waals surface area contributed by atoms with Crippen molar-refractivity contribution in [3.05, 3.63) is 151 Å². The Morgan fingerprint density at radius 3 is 1.41 bits per heavy atom. The summed E-state index contributed by atoms with van der Waals surface area (Å²) in [6, 6.07) is 43.8. The summed E-state index contributed by atoms with van der Waals surface area (Å²) in [7, 11) is -6.89. The SMILES string of the molecule is CC(C)(C)Oc1ccc(S(OS(=O)(=O)c2ccc(Cc3ccccc3)cc2)(c2ccccc2)c2ccccc2)cc1. The molecular weight excluding hydrogens is 549 g/mol. The number of hydrogen-bond acceptors (Lipinski definition) is 4. The lowest BCUT2D eigenvalue weighted by Gasteiger charge is -2.39. The summed E-state index contributed by atoms with van der Waals surface area (Å²) in [6.07, 6.45) is 0.716. The van der Waals surface area contributed by atoms with Crippen LogP contribution in [-0.4, -0.2) is 14.0 Å². The molecule has 41 heavy (non-hydrogen) atoms. The molecule has 0 atom stereocenters. The van der Waals surface area contributed by atoms with Gasteiger partial charge in [0.15, 0.2) is 0 Å². The summed E-state index contributed by atoms with van der Waals surface area (Å²) >= 11 is 0. The van der Waals surface area contributed by atoms with E-state index in [-0.39, 0.29) is 10.5 Å². The summed E-state index contributed by atoms with van der Waals surface area (Å²) in [6.45, 7) is 5.97. The van der Waals surface area contributed by atoms with E-state index in [9.17, 15) is 8.42 Å². The Morgan fingerprint density at radius 2 is 0.927 bits per heavy atom. The number of hydrogen-bond donors (Lipinski definition) is 0. The zero-order valence-electron chi connectivity index (χ0n) is 23.4. The molecule has 0 spiro atoms. The van der Waals surface area contributed by atoms with Crippen LogP contribution in [-0.2, 0) is 20.2 Å². The second kappa shape index (κ2) is 12.0. The van der Waals surface area contributed by atoms with Crippen molar-refractivity contribution in [2.75, 3.05) is 0 Å². The minimum absolute atomic E-state index is 0.116. The van der Waals surface area contributed by atoms with Gasteiger partial charge in [-0.05, 0) is 109 Å². The Kier molecular flexibility index (Phi) is 8.36. The molecule has 0 aliphatic heterocycles. The Labute approximate surface area is 245 Å². The van der Waals surface area contributed by atoms with Crippen LogP contribution in [0.5, 0.6) is 5.75 Å². The first kappa shape index (κ1) is 28.7. The normalized spacial score (nSPS) is 12.6. The lowest BCUT2D eigenvalue weighted by atomic mass is 10.1. The maximum atomic E-state index is 14.1. The third kappa shape index (κ3) is 6.73. The number of rotatable bonds is 9. The van der Waals surface area contributed by atoms with Crippen LogP contribution < -0.4 is 4.74 Å². The van der Waals surface area contributed by atoms with Gasteiger partial charge in [-0.1, -0.05) is 78.9 Å².